The smallest absolute Gasteiger partial charge is 0.369 e. The summed E-state index contributed by atoms with van der Waals surface area (Å²) in [7, 11) is 0. The maximum atomic E-state index is 12.1. The first-order valence-electron chi connectivity index (χ1n) is 2.95. The van der Waals surface area contributed by atoms with Crippen LogP contribution in [0.2, 0.25) is 5.02 Å². The fraction of sp³-hybridized carbons (Fsp3) is 0.200. The molecular formula is C5H3ClF3N3O. The molecule has 0 saturated heterocycles. The number of nitrogens with two attached hydrogens (primary N) is 1. The average Bonchev–Trinajstić information content (AvgIpc) is 1.94. The minimum absolute atomic E-state index is 0.623. The molecule has 1 heterocycles. The number of H-pyrrole nitrogens is 1. The van der Waals surface area contributed by atoms with E-state index in [1.165, 1.54) is 0 Å². The van der Waals surface area contributed by atoms with E-state index in [9.17, 15) is 18.0 Å². The molecule has 3 N–H and O–H groups in total. The van der Waals surface area contributed by atoms with Crippen molar-refractivity contribution in [3.8, 4) is 0 Å². The van der Waals surface area contributed by atoms with E-state index in [4.69, 9.17) is 17.3 Å². The summed E-state index contributed by atoms with van der Waals surface area (Å²) in [5, 5.41) is -1.01. The van der Waals surface area contributed by atoms with Gasteiger partial charge in [-0.1, -0.05) is 11.6 Å². The van der Waals surface area contributed by atoms with E-state index in [1.807, 2.05) is 4.98 Å². The minimum atomic E-state index is -4.78. The van der Waals surface area contributed by atoms with Gasteiger partial charge in [0.1, 0.15) is 5.02 Å². The molecule has 1 rings (SSSR count). The summed E-state index contributed by atoms with van der Waals surface area (Å²) in [4.78, 5) is 15.4. The number of nitrogens with one attached hydrogen (secondary N) is 1. The van der Waals surface area contributed by atoms with Crippen LogP contribution in [0.15, 0.2) is 4.79 Å². The normalized spacial score (nSPS) is 11.7. The van der Waals surface area contributed by atoms with Crippen molar-refractivity contribution in [1.29, 1.82) is 0 Å². The summed E-state index contributed by atoms with van der Waals surface area (Å²) >= 11 is 5.07. The number of nitrogens with zero attached hydrogens (tertiary/aromatic N) is 1. The molecule has 0 aromatic carbocycles. The SMILES string of the molecule is Nc1nc(C(F)(F)F)c(Cl)c(=O)[nH]1. The number of anilines is 1. The molecule has 0 saturated carbocycles. The predicted molar refractivity (Wildman–Crippen MR) is 39.3 cm³/mol. The number of hydrogen-bond donors (Lipinski definition) is 2. The van der Waals surface area contributed by atoms with Gasteiger partial charge in [0.2, 0.25) is 5.95 Å². The molecule has 0 amide bonds. The highest BCUT2D eigenvalue weighted by Crippen LogP contribution is 2.31. The lowest BCUT2D eigenvalue weighted by Gasteiger charge is -2.06. The van der Waals surface area contributed by atoms with Crippen LogP contribution >= 0.6 is 11.6 Å². The molecule has 8 heteroatoms. The van der Waals surface area contributed by atoms with Gasteiger partial charge in [-0.25, -0.2) is 4.98 Å². The second-order valence-corrected chi connectivity index (χ2v) is 2.49. The Morgan fingerprint density at radius 2 is 2.00 bits per heavy atom. The summed E-state index contributed by atoms with van der Waals surface area (Å²) in [6, 6.07) is 0. The molecule has 72 valence electrons. The standard InChI is InChI=1S/C5H3ClF3N3O/c6-1-2(5(7,8)9)11-4(10)12-3(1)13/h(H3,10,11,12,13). The first kappa shape index (κ1) is 9.85. The van der Waals surface area contributed by atoms with E-state index in [1.54, 1.807) is 0 Å². The lowest BCUT2D eigenvalue weighted by Crippen LogP contribution is -2.20. The summed E-state index contributed by atoms with van der Waals surface area (Å²) in [5.74, 6) is -0.623. The van der Waals surface area contributed by atoms with Crippen LogP contribution in [0, 0.1) is 0 Å². The second-order valence-electron chi connectivity index (χ2n) is 2.11. The highest BCUT2D eigenvalue weighted by Gasteiger charge is 2.36. The molecule has 1 aromatic heterocycles. The number of rotatable bonds is 0. The fourth-order valence-corrected chi connectivity index (χ4v) is 0.861. The van der Waals surface area contributed by atoms with Crippen molar-refractivity contribution >= 4 is 17.5 Å². The summed E-state index contributed by atoms with van der Waals surface area (Å²) in [6.07, 6.45) is -4.78. The van der Waals surface area contributed by atoms with Gasteiger partial charge in [0.25, 0.3) is 5.56 Å². The van der Waals surface area contributed by atoms with E-state index in [-0.39, 0.29) is 0 Å². The van der Waals surface area contributed by atoms with Gasteiger partial charge in [-0.05, 0) is 0 Å². The van der Waals surface area contributed by atoms with Crippen LogP contribution in [-0.4, -0.2) is 9.97 Å². The Kier molecular flexibility index (Phi) is 2.21. The molecule has 0 aliphatic carbocycles. The van der Waals surface area contributed by atoms with Crippen LogP contribution in [0.1, 0.15) is 5.69 Å². The maximum Gasteiger partial charge on any atom is 0.435 e. The zero-order valence-corrected chi connectivity index (χ0v) is 6.70. The monoisotopic (exact) mass is 213 g/mol. The number of hydrogen-bond acceptors (Lipinski definition) is 3. The van der Waals surface area contributed by atoms with Crippen LogP contribution in [0.3, 0.4) is 0 Å². The Bertz CT molecular complexity index is 386. The third-order valence-corrected chi connectivity index (χ3v) is 1.50. The molecule has 13 heavy (non-hydrogen) atoms. The second kappa shape index (κ2) is 2.91. The maximum absolute atomic E-state index is 12.1. The van der Waals surface area contributed by atoms with Crippen LogP contribution in [0.25, 0.3) is 0 Å². The molecular weight excluding hydrogens is 211 g/mol. The minimum Gasteiger partial charge on any atom is -0.369 e. The van der Waals surface area contributed by atoms with E-state index in [0.29, 0.717) is 0 Å². The van der Waals surface area contributed by atoms with Gasteiger partial charge in [-0.2, -0.15) is 13.2 Å². The Morgan fingerprint density at radius 3 is 2.46 bits per heavy atom. The van der Waals surface area contributed by atoms with Crippen molar-refractivity contribution in [3.63, 3.8) is 0 Å². The zero-order valence-electron chi connectivity index (χ0n) is 5.94. The number of aromatic amines is 1. The van der Waals surface area contributed by atoms with Crippen LogP contribution in [0.4, 0.5) is 19.1 Å². The van der Waals surface area contributed by atoms with Crippen molar-refractivity contribution < 1.29 is 13.2 Å². The molecule has 0 spiro atoms. The Morgan fingerprint density at radius 1 is 1.46 bits per heavy atom. The predicted octanol–water partition coefficient (Wildman–Crippen LogP) is 1.02. The molecule has 1 aromatic rings. The van der Waals surface area contributed by atoms with Gasteiger partial charge in [-0.3, -0.25) is 9.78 Å². The first-order valence-corrected chi connectivity index (χ1v) is 3.32. The fourth-order valence-electron chi connectivity index (χ4n) is 0.664. The Balaban J connectivity index is 3.46. The lowest BCUT2D eigenvalue weighted by atomic mass is 10.4. The molecule has 0 unspecified atom stereocenters. The van der Waals surface area contributed by atoms with Crippen LogP contribution < -0.4 is 11.3 Å². The molecule has 0 atom stereocenters. The van der Waals surface area contributed by atoms with Crippen LogP contribution in [0.5, 0.6) is 0 Å². The van der Waals surface area contributed by atoms with E-state index >= 15 is 0 Å². The van der Waals surface area contributed by atoms with Gasteiger partial charge in [0.05, 0.1) is 0 Å². The van der Waals surface area contributed by atoms with Crippen molar-refractivity contribution in [2.45, 2.75) is 6.18 Å². The van der Waals surface area contributed by atoms with Crippen molar-refractivity contribution in [2.24, 2.45) is 0 Å². The van der Waals surface area contributed by atoms with Gasteiger partial charge in [-0.15, -0.1) is 0 Å². The van der Waals surface area contributed by atoms with E-state index in [2.05, 4.69) is 4.98 Å². The van der Waals surface area contributed by atoms with Crippen molar-refractivity contribution in [3.05, 3.63) is 21.1 Å². The largest absolute Gasteiger partial charge is 0.435 e. The summed E-state index contributed by atoms with van der Waals surface area (Å²) in [5.41, 5.74) is 2.31. The summed E-state index contributed by atoms with van der Waals surface area (Å²) < 4.78 is 36.2. The van der Waals surface area contributed by atoms with Gasteiger partial charge in [0.15, 0.2) is 5.69 Å². The lowest BCUT2D eigenvalue weighted by molar-refractivity contribution is -0.141. The number of aromatic nitrogens is 2. The first-order chi connectivity index (χ1) is 5.82. The molecule has 0 radical (unpaired) electrons. The third kappa shape index (κ3) is 1.92. The quantitative estimate of drug-likeness (QED) is 0.676. The average molecular weight is 214 g/mol. The highest BCUT2D eigenvalue weighted by atomic mass is 35.5. The van der Waals surface area contributed by atoms with Crippen molar-refractivity contribution in [2.75, 3.05) is 5.73 Å². The third-order valence-electron chi connectivity index (χ3n) is 1.15. The van der Waals surface area contributed by atoms with E-state index in [0.717, 1.165) is 0 Å². The molecule has 0 aliphatic rings. The highest BCUT2D eigenvalue weighted by molar-refractivity contribution is 6.31. The molecule has 4 nitrogen and oxygen atoms in total. The molecule has 0 fully saturated rings. The number of halogens is 4. The van der Waals surface area contributed by atoms with Gasteiger partial charge >= 0.3 is 6.18 Å². The zero-order chi connectivity index (χ0) is 10.2. The Labute approximate surface area is 74.5 Å². The Hall–Kier alpha value is -1.24. The molecule has 0 aliphatic heterocycles. The van der Waals surface area contributed by atoms with E-state index < -0.39 is 28.4 Å². The summed E-state index contributed by atoms with van der Waals surface area (Å²) in [6.45, 7) is 0. The topological polar surface area (TPSA) is 71.8 Å². The van der Waals surface area contributed by atoms with Crippen LogP contribution in [-0.2, 0) is 6.18 Å². The van der Waals surface area contributed by atoms with Gasteiger partial charge in [0, 0.05) is 0 Å². The number of alkyl halides is 3. The molecule has 0 bridgehead atoms. The number of nitrogen functional groups attached to an aromatic ring is 1. The van der Waals surface area contributed by atoms with Gasteiger partial charge < -0.3 is 5.73 Å². The van der Waals surface area contributed by atoms with Crippen molar-refractivity contribution in [1.82, 2.24) is 9.97 Å².